The van der Waals surface area contributed by atoms with Crippen molar-refractivity contribution in [2.24, 2.45) is 5.92 Å². The molecule has 1 atom stereocenters. The molecule has 1 aromatic rings. The molecule has 1 saturated carbocycles. The topological polar surface area (TPSA) is 49.3 Å². The Morgan fingerprint density at radius 1 is 1.35 bits per heavy atom. The Bertz CT molecular complexity index is 471. The molecule has 1 fully saturated rings. The summed E-state index contributed by atoms with van der Waals surface area (Å²) >= 11 is -0.210. The van der Waals surface area contributed by atoms with Crippen LogP contribution in [0.3, 0.4) is 0 Å². The van der Waals surface area contributed by atoms with Crippen molar-refractivity contribution < 1.29 is 23.1 Å². The van der Waals surface area contributed by atoms with Gasteiger partial charge in [0.2, 0.25) is 0 Å². The molecule has 0 radical (unpaired) electrons. The maximum atomic E-state index is 12.2. The molecule has 1 aromatic carbocycles. The molecule has 1 aliphatic rings. The molecule has 110 valence electrons. The van der Waals surface area contributed by atoms with E-state index in [0.717, 1.165) is 12.8 Å². The number of benzene rings is 1. The monoisotopic (exact) mass is 305 g/mol. The smallest absolute Gasteiger partial charge is 0.446 e. The van der Waals surface area contributed by atoms with Gasteiger partial charge >= 0.3 is 11.5 Å². The number of alkyl halides is 3. The minimum atomic E-state index is -4.34. The van der Waals surface area contributed by atoms with Crippen LogP contribution in [-0.4, -0.2) is 23.1 Å². The van der Waals surface area contributed by atoms with Crippen molar-refractivity contribution in [3.63, 3.8) is 0 Å². The van der Waals surface area contributed by atoms with Crippen LogP contribution in [0, 0.1) is 5.92 Å². The van der Waals surface area contributed by atoms with Crippen LogP contribution in [0.1, 0.15) is 24.4 Å². The second-order valence-electron chi connectivity index (χ2n) is 4.74. The van der Waals surface area contributed by atoms with Crippen LogP contribution in [-0.2, 0) is 4.79 Å². The van der Waals surface area contributed by atoms with Crippen molar-refractivity contribution in [1.29, 1.82) is 0 Å². The van der Waals surface area contributed by atoms with Crippen LogP contribution < -0.4 is 5.32 Å². The number of carboxylic acid groups (broad SMARTS) is 1. The van der Waals surface area contributed by atoms with Crippen molar-refractivity contribution in [2.75, 3.05) is 6.54 Å². The Balaban J connectivity index is 2.02. The second-order valence-corrected chi connectivity index (χ2v) is 5.88. The lowest BCUT2D eigenvalue weighted by Crippen LogP contribution is -2.30. The van der Waals surface area contributed by atoms with Gasteiger partial charge in [-0.1, -0.05) is 12.1 Å². The molecule has 0 amide bonds. The van der Waals surface area contributed by atoms with Gasteiger partial charge in [-0.25, -0.2) is 0 Å². The summed E-state index contributed by atoms with van der Waals surface area (Å²) in [6.45, 7) is 0.621. The fraction of sp³-hybridized carbons (Fsp3) is 0.462. The first-order chi connectivity index (χ1) is 9.35. The lowest BCUT2D eigenvalue weighted by molar-refractivity contribution is -0.139. The third kappa shape index (κ3) is 4.72. The van der Waals surface area contributed by atoms with E-state index in [2.05, 4.69) is 5.32 Å². The van der Waals surface area contributed by atoms with Crippen LogP contribution in [0.5, 0.6) is 0 Å². The number of hydrogen-bond acceptors (Lipinski definition) is 3. The summed E-state index contributed by atoms with van der Waals surface area (Å²) in [5.74, 6) is -0.501. The van der Waals surface area contributed by atoms with Gasteiger partial charge in [0.15, 0.2) is 0 Å². The predicted octanol–water partition coefficient (Wildman–Crippen LogP) is 3.42. The maximum absolute atomic E-state index is 12.2. The van der Waals surface area contributed by atoms with Gasteiger partial charge < -0.3 is 10.4 Å². The van der Waals surface area contributed by atoms with Crippen molar-refractivity contribution >= 4 is 17.7 Å². The third-order valence-electron chi connectivity index (χ3n) is 3.00. The average molecular weight is 305 g/mol. The average Bonchev–Trinajstić information content (AvgIpc) is 3.13. The first-order valence-electron chi connectivity index (χ1n) is 6.17. The first-order valence-corrected chi connectivity index (χ1v) is 6.99. The zero-order valence-corrected chi connectivity index (χ0v) is 11.3. The van der Waals surface area contributed by atoms with Gasteiger partial charge in [-0.15, -0.1) is 0 Å². The SMILES string of the molecule is O=C(O)C(NCC1CC1)c1ccc(SC(F)(F)F)cc1. The molecule has 0 bridgehead atoms. The molecule has 1 unspecified atom stereocenters. The number of aliphatic carboxylic acids is 1. The van der Waals surface area contributed by atoms with E-state index < -0.39 is 17.5 Å². The zero-order valence-electron chi connectivity index (χ0n) is 10.5. The van der Waals surface area contributed by atoms with Crippen molar-refractivity contribution in [3.8, 4) is 0 Å². The number of hydrogen-bond donors (Lipinski definition) is 2. The first kappa shape index (κ1) is 15.2. The number of thioether (sulfide) groups is 1. The Morgan fingerprint density at radius 3 is 2.40 bits per heavy atom. The van der Waals surface area contributed by atoms with Gasteiger partial charge in [-0.2, -0.15) is 13.2 Å². The molecule has 1 aliphatic carbocycles. The lowest BCUT2D eigenvalue weighted by Gasteiger charge is -2.15. The van der Waals surface area contributed by atoms with Gasteiger partial charge in [-0.3, -0.25) is 4.79 Å². The van der Waals surface area contributed by atoms with E-state index in [-0.39, 0.29) is 16.7 Å². The molecule has 0 saturated heterocycles. The molecule has 2 rings (SSSR count). The molecule has 7 heteroatoms. The summed E-state index contributed by atoms with van der Waals surface area (Å²) in [6.07, 6.45) is 2.20. The molecule has 0 spiro atoms. The highest BCUT2D eigenvalue weighted by atomic mass is 32.2. The summed E-state index contributed by atoms with van der Waals surface area (Å²) in [7, 11) is 0. The fourth-order valence-electron chi connectivity index (χ4n) is 1.82. The predicted molar refractivity (Wildman–Crippen MR) is 69.5 cm³/mol. The summed E-state index contributed by atoms with van der Waals surface area (Å²) in [5.41, 5.74) is -3.87. The van der Waals surface area contributed by atoms with E-state index in [9.17, 15) is 18.0 Å². The molecular formula is C13H14F3NO2S. The highest BCUT2D eigenvalue weighted by molar-refractivity contribution is 8.00. The van der Waals surface area contributed by atoms with Crippen LogP contribution in [0.4, 0.5) is 13.2 Å². The molecule has 0 heterocycles. The van der Waals surface area contributed by atoms with Gasteiger partial charge in [0.25, 0.3) is 0 Å². The highest BCUT2D eigenvalue weighted by Gasteiger charge is 2.29. The van der Waals surface area contributed by atoms with Crippen molar-refractivity contribution in [1.82, 2.24) is 5.32 Å². The quantitative estimate of drug-likeness (QED) is 0.791. The van der Waals surface area contributed by atoms with Crippen LogP contribution in [0.2, 0.25) is 0 Å². The molecule has 20 heavy (non-hydrogen) atoms. The number of rotatable bonds is 6. The van der Waals surface area contributed by atoms with Gasteiger partial charge in [0, 0.05) is 4.90 Å². The number of nitrogens with one attached hydrogen (secondary N) is 1. The van der Waals surface area contributed by atoms with Crippen molar-refractivity contribution in [3.05, 3.63) is 29.8 Å². The second kappa shape index (κ2) is 6.05. The van der Waals surface area contributed by atoms with Crippen molar-refractivity contribution in [2.45, 2.75) is 29.3 Å². The van der Waals surface area contributed by atoms with Crippen LogP contribution >= 0.6 is 11.8 Å². The summed E-state index contributed by atoms with van der Waals surface area (Å²) in [4.78, 5) is 11.2. The van der Waals surface area contributed by atoms with Crippen LogP contribution in [0.25, 0.3) is 0 Å². The third-order valence-corrected chi connectivity index (χ3v) is 3.74. The van der Waals surface area contributed by atoms with Gasteiger partial charge in [0.1, 0.15) is 6.04 Å². The van der Waals surface area contributed by atoms with E-state index in [0.29, 0.717) is 18.0 Å². The van der Waals surface area contributed by atoms with E-state index in [1.54, 1.807) is 0 Å². The van der Waals surface area contributed by atoms with E-state index in [1.165, 1.54) is 24.3 Å². The van der Waals surface area contributed by atoms with E-state index in [1.807, 2.05) is 0 Å². The fourth-order valence-corrected chi connectivity index (χ4v) is 2.36. The van der Waals surface area contributed by atoms with E-state index in [4.69, 9.17) is 5.11 Å². The maximum Gasteiger partial charge on any atom is 0.446 e. The minimum Gasteiger partial charge on any atom is -0.480 e. The normalized spacial score (nSPS) is 16.9. The molecule has 0 aliphatic heterocycles. The largest absolute Gasteiger partial charge is 0.480 e. The Morgan fingerprint density at radius 2 is 1.95 bits per heavy atom. The van der Waals surface area contributed by atoms with Gasteiger partial charge in [0.05, 0.1) is 0 Å². The highest BCUT2D eigenvalue weighted by Crippen LogP contribution is 2.37. The number of carboxylic acids is 1. The molecule has 3 nitrogen and oxygen atoms in total. The van der Waals surface area contributed by atoms with Crippen LogP contribution in [0.15, 0.2) is 29.2 Å². The van der Waals surface area contributed by atoms with Gasteiger partial charge in [-0.05, 0) is 54.8 Å². The minimum absolute atomic E-state index is 0.0487. The Labute approximate surface area is 118 Å². The Kier molecular flexibility index (Phi) is 4.59. The zero-order chi connectivity index (χ0) is 14.8. The number of carbonyl (C=O) groups is 1. The Hall–Kier alpha value is -1.21. The lowest BCUT2D eigenvalue weighted by atomic mass is 10.1. The van der Waals surface area contributed by atoms with E-state index >= 15 is 0 Å². The summed E-state index contributed by atoms with van der Waals surface area (Å²) in [5, 5.41) is 12.1. The summed E-state index contributed by atoms with van der Waals surface area (Å²) in [6, 6.07) is 4.56. The summed E-state index contributed by atoms with van der Waals surface area (Å²) < 4.78 is 36.6. The molecular weight excluding hydrogens is 291 g/mol. The standard InChI is InChI=1S/C13H14F3NO2S/c14-13(15,16)20-10-5-3-9(4-6-10)11(12(18)19)17-7-8-1-2-8/h3-6,8,11,17H,1-2,7H2,(H,18,19). The molecule has 0 aromatic heterocycles. The number of halogens is 3. The molecule has 2 N–H and O–H groups in total.